The monoisotopic (exact) mass is 502 g/mol. The van der Waals surface area contributed by atoms with E-state index >= 15 is 0 Å². The summed E-state index contributed by atoms with van der Waals surface area (Å²) < 4.78 is 18.6. The topological polar surface area (TPSA) is 116 Å². The molecule has 0 bridgehead atoms. The minimum absolute atomic E-state index is 0.0307. The summed E-state index contributed by atoms with van der Waals surface area (Å²) in [5, 5.41) is 10.2. The lowest BCUT2D eigenvalue weighted by Crippen LogP contribution is -2.14. The van der Waals surface area contributed by atoms with Crippen LogP contribution in [0.3, 0.4) is 0 Å². The molecule has 0 fully saturated rings. The highest BCUT2D eigenvalue weighted by Crippen LogP contribution is 2.28. The number of ether oxygens (including phenoxy) is 2. The predicted molar refractivity (Wildman–Crippen MR) is 135 cm³/mol. The first-order chi connectivity index (χ1) is 17.4. The van der Waals surface area contributed by atoms with Gasteiger partial charge < -0.3 is 14.6 Å². The molecular formula is C27H22N2O6S. The van der Waals surface area contributed by atoms with Crippen LogP contribution in [0.4, 0.5) is 0 Å². The third-order valence-corrected chi connectivity index (χ3v) is 6.09. The Morgan fingerprint density at radius 3 is 2.14 bits per heavy atom. The van der Waals surface area contributed by atoms with E-state index in [-0.39, 0.29) is 24.2 Å². The fourth-order valence-corrected chi connectivity index (χ4v) is 4.26. The molecule has 0 aliphatic heterocycles. The fraction of sp³-hybridized carbons (Fsp3) is 0.148. The van der Waals surface area contributed by atoms with Crippen molar-refractivity contribution in [3.63, 3.8) is 0 Å². The van der Waals surface area contributed by atoms with Gasteiger partial charge in [-0.2, -0.15) is 8.75 Å². The smallest absolute Gasteiger partial charge is 0.338 e. The summed E-state index contributed by atoms with van der Waals surface area (Å²) in [4.78, 5) is 38.2. The van der Waals surface area contributed by atoms with Crippen molar-refractivity contribution in [3.8, 4) is 5.75 Å². The fourth-order valence-electron chi connectivity index (χ4n) is 3.74. The van der Waals surface area contributed by atoms with Crippen LogP contribution < -0.4 is 4.74 Å². The van der Waals surface area contributed by atoms with Gasteiger partial charge in [-0.25, -0.2) is 9.59 Å². The first-order valence-electron chi connectivity index (χ1n) is 11.0. The molecule has 182 valence electrons. The maximum atomic E-state index is 13.7. The maximum absolute atomic E-state index is 13.7. The summed E-state index contributed by atoms with van der Waals surface area (Å²) in [6.07, 6.45) is 0.0307. The van der Waals surface area contributed by atoms with Gasteiger partial charge in [0.2, 0.25) is 0 Å². The van der Waals surface area contributed by atoms with Gasteiger partial charge in [0, 0.05) is 17.6 Å². The third-order valence-electron chi connectivity index (χ3n) is 5.53. The van der Waals surface area contributed by atoms with E-state index in [1.807, 2.05) is 0 Å². The Bertz CT molecular complexity index is 1460. The predicted octanol–water partition coefficient (Wildman–Crippen LogP) is 4.84. The third kappa shape index (κ3) is 5.31. The van der Waals surface area contributed by atoms with Crippen molar-refractivity contribution in [2.45, 2.75) is 13.3 Å². The molecular weight excluding hydrogens is 480 g/mol. The number of fused-ring (bicyclic) bond motifs is 1. The Balaban J connectivity index is 1.82. The lowest BCUT2D eigenvalue weighted by Gasteiger charge is -2.14. The highest BCUT2D eigenvalue weighted by atomic mass is 32.1. The molecule has 0 unspecified atom stereocenters. The molecule has 9 heteroatoms. The molecule has 8 nitrogen and oxygen atoms in total. The Hall–Kier alpha value is -4.37. The largest absolute Gasteiger partial charge is 0.497 e. The van der Waals surface area contributed by atoms with E-state index in [0.29, 0.717) is 39.0 Å². The number of hydrogen-bond acceptors (Lipinski definition) is 8. The standard InChI is InChI=1S/C27H22N2O6S/c1-3-35-27(33)18-6-4-16(5-7-18)14-21(25(30)17-8-11-20(34-2)12-9-17)24(26(31)32)19-10-13-22-23(15-19)29-36-28-22/h4-13,15H,3,14H2,1-2H3,(H,31,32)/b24-21+. The first kappa shape index (κ1) is 24.7. The molecule has 0 saturated heterocycles. The van der Waals surface area contributed by atoms with E-state index in [1.54, 1.807) is 73.7 Å². The molecule has 3 aromatic carbocycles. The molecule has 1 N–H and O–H groups in total. The number of allylic oxidation sites excluding steroid dienone is 1. The summed E-state index contributed by atoms with van der Waals surface area (Å²) >= 11 is 1.03. The summed E-state index contributed by atoms with van der Waals surface area (Å²) in [7, 11) is 1.52. The average Bonchev–Trinajstić information content (AvgIpc) is 3.36. The van der Waals surface area contributed by atoms with Gasteiger partial charge >= 0.3 is 11.9 Å². The van der Waals surface area contributed by atoms with Gasteiger partial charge in [0.25, 0.3) is 0 Å². The van der Waals surface area contributed by atoms with Crippen molar-refractivity contribution in [2.24, 2.45) is 0 Å². The lowest BCUT2D eigenvalue weighted by atomic mass is 9.89. The number of carboxylic acids is 1. The van der Waals surface area contributed by atoms with Gasteiger partial charge in [-0.05, 0) is 66.6 Å². The number of ketones is 1. The lowest BCUT2D eigenvalue weighted by molar-refractivity contribution is -0.130. The molecule has 0 amide bonds. The number of nitrogens with zero attached hydrogens (tertiary/aromatic N) is 2. The number of carbonyl (C=O) groups is 3. The number of Topliss-reactive ketones (excluding diaryl/α,β-unsaturated/α-hetero) is 1. The maximum Gasteiger partial charge on any atom is 0.338 e. The van der Waals surface area contributed by atoms with E-state index in [1.165, 1.54) is 7.11 Å². The van der Waals surface area contributed by atoms with Crippen LogP contribution in [0.2, 0.25) is 0 Å². The van der Waals surface area contributed by atoms with Crippen LogP contribution in [-0.4, -0.2) is 45.3 Å². The number of rotatable bonds is 9. The Kier molecular flexibility index (Phi) is 7.50. The van der Waals surface area contributed by atoms with E-state index in [4.69, 9.17) is 9.47 Å². The van der Waals surface area contributed by atoms with Crippen molar-refractivity contribution in [2.75, 3.05) is 13.7 Å². The molecule has 0 atom stereocenters. The number of aromatic nitrogens is 2. The number of hydrogen-bond donors (Lipinski definition) is 1. The van der Waals surface area contributed by atoms with Crippen LogP contribution in [0, 0.1) is 0 Å². The highest BCUT2D eigenvalue weighted by molar-refractivity contribution is 7.00. The van der Waals surface area contributed by atoms with Crippen molar-refractivity contribution < 1.29 is 29.0 Å². The van der Waals surface area contributed by atoms with Gasteiger partial charge in [-0.3, -0.25) is 4.79 Å². The van der Waals surface area contributed by atoms with E-state index < -0.39 is 17.7 Å². The second-order valence-corrected chi connectivity index (χ2v) is 8.31. The zero-order valence-electron chi connectivity index (χ0n) is 19.6. The minimum Gasteiger partial charge on any atom is -0.497 e. The van der Waals surface area contributed by atoms with Gasteiger partial charge in [-0.1, -0.05) is 18.2 Å². The number of methoxy groups -OCH3 is 1. The molecule has 36 heavy (non-hydrogen) atoms. The molecule has 0 aliphatic rings. The number of esters is 1. The Morgan fingerprint density at radius 2 is 1.50 bits per heavy atom. The van der Waals surface area contributed by atoms with Crippen LogP contribution in [0.1, 0.15) is 38.8 Å². The van der Waals surface area contributed by atoms with Crippen LogP contribution in [0.5, 0.6) is 5.75 Å². The molecule has 1 heterocycles. The quantitative estimate of drug-likeness (QED) is 0.196. The molecule has 4 aromatic rings. The van der Waals surface area contributed by atoms with Crippen molar-refractivity contribution in [1.29, 1.82) is 0 Å². The van der Waals surface area contributed by atoms with E-state index in [9.17, 15) is 19.5 Å². The molecule has 0 spiro atoms. The molecule has 0 radical (unpaired) electrons. The summed E-state index contributed by atoms with van der Waals surface area (Å²) in [5.41, 5.74) is 2.87. The highest BCUT2D eigenvalue weighted by Gasteiger charge is 2.24. The van der Waals surface area contributed by atoms with Gasteiger partial charge in [0.1, 0.15) is 16.8 Å². The molecule has 4 rings (SSSR count). The second kappa shape index (κ2) is 10.9. The Labute approximate surface area is 211 Å². The minimum atomic E-state index is -1.24. The zero-order valence-corrected chi connectivity index (χ0v) is 20.4. The van der Waals surface area contributed by atoms with Gasteiger partial charge in [0.05, 0.1) is 36.6 Å². The van der Waals surface area contributed by atoms with Gasteiger partial charge in [-0.15, -0.1) is 0 Å². The summed E-state index contributed by atoms with van der Waals surface area (Å²) in [5.74, 6) is -1.55. The van der Waals surface area contributed by atoms with Gasteiger partial charge in [0.15, 0.2) is 5.78 Å². The zero-order chi connectivity index (χ0) is 25.7. The second-order valence-electron chi connectivity index (χ2n) is 7.78. The van der Waals surface area contributed by atoms with Crippen LogP contribution in [0.25, 0.3) is 16.6 Å². The molecule has 1 aromatic heterocycles. The number of aliphatic carboxylic acids is 1. The van der Waals surface area contributed by atoms with Crippen molar-refractivity contribution in [1.82, 2.24) is 8.75 Å². The SMILES string of the molecule is CCOC(=O)c1ccc(C/C(C(=O)c2ccc(OC)cc2)=C(\C(=O)O)c2ccc3nsnc3c2)cc1. The average molecular weight is 503 g/mol. The van der Waals surface area contributed by atoms with Crippen LogP contribution in [0.15, 0.2) is 72.3 Å². The number of carbonyl (C=O) groups excluding carboxylic acids is 2. The summed E-state index contributed by atoms with van der Waals surface area (Å²) in [6, 6.07) is 18.0. The van der Waals surface area contributed by atoms with E-state index in [0.717, 1.165) is 11.7 Å². The number of benzene rings is 3. The molecule has 0 saturated carbocycles. The normalized spacial score (nSPS) is 11.6. The van der Waals surface area contributed by atoms with Crippen LogP contribution in [-0.2, 0) is 16.0 Å². The number of carboxylic acid groups (broad SMARTS) is 1. The summed E-state index contributed by atoms with van der Waals surface area (Å²) in [6.45, 7) is 1.98. The van der Waals surface area contributed by atoms with Crippen molar-refractivity contribution in [3.05, 3.63) is 94.6 Å². The molecule has 0 aliphatic carbocycles. The van der Waals surface area contributed by atoms with E-state index in [2.05, 4.69) is 8.75 Å². The first-order valence-corrected chi connectivity index (χ1v) is 11.8. The van der Waals surface area contributed by atoms with Crippen molar-refractivity contribution >= 4 is 46.1 Å². The van der Waals surface area contributed by atoms with Crippen LogP contribution >= 0.6 is 11.7 Å². The Morgan fingerprint density at radius 1 is 0.861 bits per heavy atom.